The molecule has 1 fully saturated rings. The lowest BCUT2D eigenvalue weighted by molar-refractivity contribution is 0.0399. The molecule has 1 saturated heterocycles. The molecule has 1 aromatic carbocycles. The number of thiophene rings is 1. The number of hydrogen-bond donors (Lipinski definition) is 1. The number of hydrogen-bond acceptors (Lipinski definition) is 7. The van der Waals surface area contributed by atoms with Gasteiger partial charge in [0.25, 0.3) is 5.91 Å². The van der Waals surface area contributed by atoms with Gasteiger partial charge < -0.3 is 15.0 Å². The summed E-state index contributed by atoms with van der Waals surface area (Å²) in [4.78, 5) is 30.3. The van der Waals surface area contributed by atoms with E-state index in [0.717, 1.165) is 39.4 Å². The number of morpholine rings is 1. The van der Waals surface area contributed by atoms with Gasteiger partial charge in [0.05, 0.1) is 6.61 Å². The number of carbonyl (C=O) groups is 1. The highest BCUT2D eigenvalue weighted by atomic mass is 32.1. The Morgan fingerprint density at radius 1 is 1.19 bits per heavy atom. The summed E-state index contributed by atoms with van der Waals surface area (Å²) in [6.07, 6.45) is 1.49. The Kier molecular flexibility index (Phi) is 5.55. The van der Waals surface area contributed by atoms with E-state index in [1.165, 1.54) is 11.3 Å². The molecule has 1 aliphatic heterocycles. The van der Waals surface area contributed by atoms with Crippen molar-refractivity contribution in [2.24, 2.45) is 0 Å². The van der Waals surface area contributed by atoms with E-state index in [9.17, 15) is 4.79 Å². The van der Waals surface area contributed by atoms with E-state index in [2.05, 4.69) is 20.2 Å². The van der Waals surface area contributed by atoms with E-state index in [-0.39, 0.29) is 12.0 Å². The van der Waals surface area contributed by atoms with Crippen molar-refractivity contribution in [3.05, 3.63) is 70.9 Å². The maximum atomic E-state index is 12.6. The minimum atomic E-state index is -0.260. The number of rotatable bonds is 4. The highest BCUT2D eigenvalue weighted by Gasteiger charge is 2.30. The van der Waals surface area contributed by atoms with Gasteiger partial charge in [0.2, 0.25) is 0 Å². The van der Waals surface area contributed by atoms with E-state index in [1.807, 2.05) is 55.5 Å². The Balaban J connectivity index is 1.51. The second-order valence-corrected chi connectivity index (χ2v) is 8.64. The molecular formula is C24H23N5O2S. The van der Waals surface area contributed by atoms with Crippen LogP contribution in [0.1, 0.15) is 27.0 Å². The molecule has 4 aromatic rings. The van der Waals surface area contributed by atoms with Crippen molar-refractivity contribution < 1.29 is 9.53 Å². The van der Waals surface area contributed by atoms with Gasteiger partial charge >= 0.3 is 0 Å². The number of benzene rings is 1. The van der Waals surface area contributed by atoms with E-state index in [4.69, 9.17) is 9.72 Å². The third kappa shape index (κ3) is 3.83. The van der Waals surface area contributed by atoms with Gasteiger partial charge in [0.15, 0.2) is 5.82 Å². The molecule has 0 saturated carbocycles. The first-order valence-electron chi connectivity index (χ1n) is 10.5. The van der Waals surface area contributed by atoms with Crippen LogP contribution in [-0.2, 0) is 4.74 Å². The number of aryl methyl sites for hydroxylation is 1. The fourth-order valence-corrected chi connectivity index (χ4v) is 5.16. The van der Waals surface area contributed by atoms with Gasteiger partial charge in [-0.3, -0.25) is 4.79 Å². The number of amides is 1. The first-order valence-corrected chi connectivity index (χ1v) is 11.3. The second kappa shape index (κ2) is 8.64. The molecule has 0 aliphatic carbocycles. The normalized spacial score (nSPS) is 16.3. The quantitative estimate of drug-likeness (QED) is 0.511. The van der Waals surface area contributed by atoms with Crippen molar-refractivity contribution in [2.45, 2.75) is 13.0 Å². The van der Waals surface area contributed by atoms with Crippen molar-refractivity contribution in [1.29, 1.82) is 0 Å². The smallest absolute Gasteiger partial charge is 0.261 e. The first-order chi connectivity index (χ1) is 15.6. The van der Waals surface area contributed by atoms with Gasteiger partial charge in [0, 0.05) is 54.6 Å². The number of pyridine rings is 1. The molecule has 8 heteroatoms. The molecule has 7 nitrogen and oxygen atoms in total. The fourth-order valence-electron chi connectivity index (χ4n) is 4.02. The molecule has 1 N–H and O–H groups in total. The number of carbonyl (C=O) groups excluding carboxylic acids is 1. The number of anilines is 1. The third-order valence-electron chi connectivity index (χ3n) is 5.52. The highest BCUT2D eigenvalue weighted by Crippen LogP contribution is 2.38. The predicted octanol–water partition coefficient (Wildman–Crippen LogP) is 4.00. The highest BCUT2D eigenvalue weighted by molar-refractivity contribution is 7.20. The van der Waals surface area contributed by atoms with Crippen LogP contribution >= 0.6 is 11.3 Å². The second-order valence-electron chi connectivity index (χ2n) is 7.64. The molecule has 0 spiro atoms. The molecule has 1 aliphatic rings. The molecule has 32 heavy (non-hydrogen) atoms. The summed E-state index contributed by atoms with van der Waals surface area (Å²) < 4.78 is 6.18. The Morgan fingerprint density at radius 3 is 2.84 bits per heavy atom. The average Bonchev–Trinajstić information content (AvgIpc) is 3.23. The van der Waals surface area contributed by atoms with Crippen LogP contribution in [0.3, 0.4) is 0 Å². The molecule has 1 atom stereocenters. The summed E-state index contributed by atoms with van der Waals surface area (Å²) in [5.74, 6) is 1.46. The van der Waals surface area contributed by atoms with Gasteiger partial charge in [-0.05, 0) is 13.0 Å². The Morgan fingerprint density at radius 2 is 2.03 bits per heavy atom. The van der Waals surface area contributed by atoms with Crippen molar-refractivity contribution in [1.82, 2.24) is 20.3 Å². The van der Waals surface area contributed by atoms with Crippen molar-refractivity contribution >= 4 is 33.3 Å². The van der Waals surface area contributed by atoms with Crippen LogP contribution in [0, 0.1) is 6.92 Å². The lowest BCUT2D eigenvalue weighted by Gasteiger charge is -2.34. The lowest BCUT2D eigenvalue weighted by atomic mass is 10.0. The Bertz CT molecular complexity index is 1270. The minimum Gasteiger partial charge on any atom is -0.370 e. The maximum Gasteiger partial charge on any atom is 0.261 e. The van der Waals surface area contributed by atoms with Gasteiger partial charge in [-0.15, -0.1) is 11.3 Å². The molecule has 0 radical (unpaired) electrons. The topological polar surface area (TPSA) is 80.2 Å². The summed E-state index contributed by atoms with van der Waals surface area (Å²) in [5.41, 5.74) is 2.79. The van der Waals surface area contributed by atoms with Gasteiger partial charge in [-0.2, -0.15) is 0 Å². The summed E-state index contributed by atoms with van der Waals surface area (Å²) in [6.45, 7) is 3.84. The van der Waals surface area contributed by atoms with Crippen LogP contribution in [0.4, 0.5) is 5.82 Å². The number of nitrogens with zero attached hydrogens (tertiary/aromatic N) is 4. The molecular weight excluding hydrogens is 422 g/mol. The van der Waals surface area contributed by atoms with E-state index >= 15 is 0 Å². The zero-order valence-corrected chi connectivity index (χ0v) is 18.7. The van der Waals surface area contributed by atoms with E-state index in [1.54, 1.807) is 13.2 Å². The van der Waals surface area contributed by atoms with Gasteiger partial charge in [0.1, 0.15) is 21.6 Å². The molecule has 1 amide bonds. The predicted molar refractivity (Wildman–Crippen MR) is 126 cm³/mol. The third-order valence-corrected chi connectivity index (χ3v) is 6.65. The maximum absolute atomic E-state index is 12.6. The van der Waals surface area contributed by atoms with Crippen molar-refractivity contribution in [3.8, 4) is 11.4 Å². The van der Waals surface area contributed by atoms with Crippen LogP contribution in [0.2, 0.25) is 0 Å². The number of fused-ring (bicyclic) bond motifs is 1. The molecule has 162 valence electrons. The summed E-state index contributed by atoms with van der Waals surface area (Å²) in [7, 11) is 1.65. The van der Waals surface area contributed by atoms with Crippen LogP contribution < -0.4 is 10.2 Å². The lowest BCUT2D eigenvalue weighted by Crippen LogP contribution is -2.39. The van der Waals surface area contributed by atoms with E-state index in [0.29, 0.717) is 23.9 Å². The number of nitrogens with one attached hydrogen (secondary N) is 1. The molecule has 5 rings (SSSR count). The SMILES string of the molecule is CNC(=O)c1sc2ncccc2c1C1CN(c2cc(C)nc(-c3ccccc3)n2)CCO1. The number of aromatic nitrogens is 3. The standard InChI is InChI=1S/C24H23N5O2S/c1-15-13-19(28-22(27-15)16-7-4-3-5-8-16)29-11-12-31-18(14-29)20-17-9-6-10-26-24(17)32-21(20)23(30)25-2/h3-10,13,18H,11-12,14H2,1-2H3,(H,25,30). The number of ether oxygens (including phenoxy) is 1. The first kappa shape index (κ1) is 20.5. The summed E-state index contributed by atoms with van der Waals surface area (Å²) >= 11 is 1.40. The van der Waals surface area contributed by atoms with Crippen molar-refractivity contribution in [3.63, 3.8) is 0 Å². The van der Waals surface area contributed by atoms with Crippen LogP contribution in [-0.4, -0.2) is 47.6 Å². The average molecular weight is 446 g/mol. The molecule has 1 unspecified atom stereocenters. The molecule has 4 heterocycles. The largest absolute Gasteiger partial charge is 0.370 e. The monoisotopic (exact) mass is 445 g/mol. The van der Waals surface area contributed by atoms with Crippen LogP contribution in [0.25, 0.3) is 21.6 Å². The molecule has 3 aromatic heterocycles. The zero-order valence-electron chi connectivity index (χ0n) is 17.9. The van der Waals surface area contributed by atoms with Crippen molar-refractivity contribution in [2.75, 3.05) is 31.6 Å². The fraction of sp³-hybridized carbons (Fsp3) is 0.250. The Labute approximate surface area is 190 Å². The van der Waals surface area contributed by atoms with Crippen LogP contribution in [0.15, 0.2) is 54.7 Å². The summed E-state index contributed by atoms with van der Waals surface area (Å²) in [6, 6.07) is 15.9. The van der Waals surface area contributed by atoms with E-state index < -0.39 is 0 Å². The Hall–Kier alpha value is -3.36. The summed E-state index contributed by atoms with van der Waals surface area (Å²) in [5, 5.41) is 3.72. The zero-order chi connectivity index (χ0) is 22.1. The van der Waals surface area contributed by atoms with Gasteiger partial charge in [-0.1, -0.05) is 36.4 Å². The minimum absolute atomic E-state index is 0.118. The molecule has 0 bridgehead atoms. The van der Waals surface area contributed by atoms with Gasteiger partial charge in [-0.25, -0.2) is 15.0 Å². The van der Waals surface area contributed by atoms with Crippen LogP contribution in [0.5, 0.6) is 0 Å².